The van der Waals surface area contributed by atoms with E-state index in [2.05, 4.69) is 49.6 Å². The molecule has 1 saturated heterocycles. The number of hydrogen-bond acceptors (Lipinski definition) is 3. The number of hydrogen-bond donors (Lipinski definition) is 1. The molecule has 100 valence electrons. The SMILES string of the molecule is Cc1cc(N2CCSC(C)(C)CC2)ccc1CO. The van der Waals surface area contributed by atoms with Crippen molar-refractivity contribution in [2.75, 3.05) is 23.7 Å². The molecule has 18 heavy (non-hydrogen) atoms. The highest BCUT2D eigenvalue weighted by Crippen LogP contribution is 2.32. The number of aliphatic hydroxyl groups excluding tert-OH is 1. The van der Waals surface area contributed by atoms with Crippen LogP contribution in [0, 0.1) is 6.92 Å². The molecule has 0 saturated carbocycles. The van der Waals surface area contributed by atoms with Crippen molar-refractivity contribution < 1.29 is 5.11 Å². The molecule has 1 fully saturated rings. The molecule has 1 N–H and O–H groups in total. The van der Waals surface area contributed by atoms with Crippen LogP contribution in [0.15, 0.2) is 18.2 Å². The van der Waals surface area contributed by atoms with Crippen molar-refractivity contribution in [1.29, 1.82) is 0 Å². The van der Waals surface area contributed by atoms with Gasteiger partial charge in [-0.05, 0) is 36.6 Å². The number of nitrogens with zero attached hydrogens (tertiary/aromatic N) is 1. The first-order valence-electron chi connectivity index (χ1n) is 6.61. The van der Waals surface area contributed by atoms with E-state index in [-0.39, 0.29) is 6.61 Å². The highest BCUT2D eigenvalue weighted by molar-refractivity contribution is 8.00. The van der Waals surface area contributed by atoms with Crippen molar-refractivity contribution >= 4 is 17.4 Å². The van der Waals surface area contributed by atoms with Crippen LogP contribution in [0.2, 0.25) is 0 Å². The van der Waals surface area contributed by atoms with Crippen LogP contribution in [0.4, 0.5) is 5.69 Å². The topological polar surface area (TPSA) is 23.5 Å². The minimum atomic E-state index is 0.134. The van der Waals surface area contributed by atoms with Crippen molar-refractivity contribution in [2.45, 2.75) is 38.5 Å². The first-order chi connectivity index (χ1) is 8.52. The monoisotopic (exact) mass is 265 g/mol. The molecule has 2 nitrogen and oxygen atoms in total. The second-order valence-electron chi connectivity index (χ2n) is 5.61. The maximum Gasteiger partial charge on any atom is 0.0684 e. The summed E-state index contributed by atoms with van der Waals surface area (Å²) in [6, 6.07) is 6.39. The van der Waals surface area contributed by atoms with Crippen LogP contribution < -0.4 is 4.90 Å². The van der Waals surface area contributed by atoms with Gasteiger partial charge in [-0.25, -0.2) is 0 Å². The van der Waals surface area contributed by atoms with Gasteiger partial charge in [0.2, 0.25) is 0 Å². The Labute approximate surface area is 114 Å². The molecule has 0 aromatic heterocycles. The number of aliphatic hydroxyl groups is 1. The summed E-state index contributed by atoms with van der Waals surface area (Å²) in [5.41, 5.74) is 3.51. The molecule has 1 aromatic rings. The van der Waals surface area contributed by atoms with Crippen LogP contribution >= 0.6 is 11.8 Å². The Morgan fingerprint density at radius 3 is 2.78 bits per heavy atom. The second kappa shape index (κ2) is 5.54. The van der Waals surface area contributed by atoms with Crippen LogP contribution in [-0.4, -0.2) is 28.7 Å². The summed E-state index contributed by atoms with van der Waals surface area (Å²) in [6.45, 7) is 9.12. The van der Waals surface area contributed by atoms with Crippen LogP contribution in [-0.2, 0) is 6.61 Å². The van der Waals surface area contributed by atoms with Gasteiger partial charge in [0.25, 0.3) is 0 Å². The Bertz CT molecular complexity index is 417. The van der Waals surface area contributed by atoms with E-state index in [0.29, 0.717) is 4.75 Å². The van der Waals surface area contributed by atoms with Crippen molar-refractivity contribution in [1.82, 2.24) is 0 Å². The zero-order valence-electron chi connectivity index (χ0n) is 11.6. The maximum absolute atomic E-state index is 9.22. The lowest BCUT2D eigenvalue weighted by Gasteiger charge is -2.25. The Morgan fingerprint density at radius 1 is 1.33 bits per heavy atom. The van der Waals surface area contributed by atoms with E-state index in [1.54, 1.807) is 0 Å². The van der Waals surface area contributed by atoms with Crippen LogP contribution in [0.5, 0.6) is 0 Å². The summed E-state index contributed by atoms with van der Waals surface area (Å²) >= 11 is 2.07. The predicted octanol–water partition coefficient (Wildman–Crippen LogP) is 3.21. The molecule has 1 aliphatic heterocycles. The number of thioether (sulfide) groups is 1. The van der Waals surface area contributed by atoms with Gasteiger partial charge >= 0.3 is 0 Å². The van der Waals surface area contributed by atoms with Gasteiger partial charge in [0, 0.05) is 29.3 Å². The molecule has 0 amide bonds. The quantitative estimate of drug-likeness (QED) is 0.888. The zero-order valence-corrected chi connectivity index (χ0v) is 12.4. The average molecular weight is 265 g/mol. The summed E-state index contributed by atoms with van der Waals surface area (Å²) in [7, 11) is 0. The minimum Gasteiger partial charge on any atom is -0.392 e. The predicted molar refractivity (Wildman–Crippen MR) is 80.5 cm³/mol. The first kappa shape index (κ1) is 13.8. The van der Waals surface area contributed by atoms with Gasteiger partial charge in [-0.15, -0.1) is 0 Å². The summed E-state index contributed by atoms with van der Waals surface area (Å²) in [4.78, 5) is 2.47. The van der Waals surface area contributed by atoms with Gasteiger partial charge in [-0.2, -0.15) is 11.8 Å². The normalized spacial score (nSPS) is 19.7. The van der Waals surface area contributed by atoms with E-state index in [4.69, 9.17) is 0 Å². The van der Waals surface area contributed by atoms with E-state index in [0.717, 1.165) is 18.7 Å². The van der Waals surface area contributed by atoms with Crippen molar-refractivity contribution in [3.63, 3.8) is 0 Å². The zero-order chi connectivity index (χ0) is 13.2. The molecule has 0 bridgehead atoms. The number of benzene rings is 1. The van der Waals surface area contributed by atoms with Crippen LogP contribution in [0.1, 0.15) is 31.4 Å². The third-order valence-electron chi connectivity index (χ3n) is 3.70. The van der Waals surface area contributed by atoms with E-state index in [1.165, 1.54) is 23.4 Å². The van der Waals surface area contributed by atoms with Crippen molar-refractivity contribution in [2.24, 2.45) is 0 Å². The first-order valence-corrected chi connectivity index (χ1v) is 7.60. The number of aryl methyl sites for hydroxylation is 1. The number of rotatable bonds is 2. The molecule has 0 atom stereocenters. The smallest absolute Gasteiger partial charge is 0.0684 e. The Morgan fingerprint density at radius 2 is 2.11 bits per heavy atom. The molecule has 0 aliphatic carbocycles. The molecule has 3 heteroatoms. The third kappa shape index (κ3) is 3.21. The van der Waals surface area contributed by atoms with Gasteiger partial charge < -0.3 is 10.0 Å². The summed E-state index contributed by atoms with van der Waals surface area (Å²) in [5, 5.41) is 9.22. The fourth-order valence-electron chi connectivity index (χ4n) is 2.33. The highest BCUT2D eigenvalue weighted by atomic mass is 32.2. The van der Waals surface area contributed by atoms with E-state index in [1.807, 2.05) is 6.07 Å². The van der Waals surface area contributed by atoms with E-state index >= 15 is 0 Å². The largest absolute Gasteiger partial charge is 0.392 e. The summed E-state index contributed by atoms with van der Waals surface area (Å²) in [5.74, 6) is 1.19. The van der Waals surface area contributed by atoms with Gasteiger partial charge in [-0.1, -0.05) is 19.9 Å². The standard InChI is InChI=1S/C15H23NOS/c1-12-10-14(5-4-13(12)11-17)16-7-6-15(2,3)18-9-8-16/h4-5,10,17H,6-9,11H2,1-3H3. The molecule has 0 spiro atoms. The van der Waals surface area contributed by atoms with E-state index in [9.17, 15) is 5.11 Å². The average Bonchev–Trinajstić information content (AvgIpc) is 2.50. The van der Waals surface area contributed by atoms with Crippen molar-refractivity contribution in [3.8, 4) is 0 Å². The lowest BCUT2D eigenvalue weighted by atomic mass is 10.1. The molecule has 2 rings (SSSR count). The molecule has 0 unspecified atom stereocenters. The molecule has 1 aromatic carbocycles. The second-order valence-corrected chi connectivity index (χ2v) is 7.42. The third-order valence-corrected chi connectivity index (χ3v) is 5.07. The van der Waals surface area contributed by atoms with E-state index < -0.39 is 0 Å². The lowest BCUT2D eigenvalue weighted by Crippen LogP contribution is -2.27. The summed E-state index contributed by atoms with van der Waals surface area (Å²) < 4.78 is 0.398. The van der Waals surface area contributed by atoms with Gasteiger partial charge in [0.15, 0.2) is 0 Å². The molecule has 1 heterocycles. The van der Waals surface area contributed by atoms with Gasteiger partial charge in [0.1, 0.15) is 0 Å². The van der Waals surface area contributed by atoms with Crippen molar-refractivity contribution in [3.05, 3.63) is 29.3 Å². The fourth-order valence-corrected chi connectivity index (χ4v) is 3.43. The molecule has 0 radical (unpaired) electrons. The minimum absolute atomic E-state index is 0.134. The summed E-state index contributed by atoms with van der Waals surface area (Å²) in [6.07, 6.45) is 1.22. The molecule has 1 aliphatic rings. The van der Waals surface area contributed by atoms with Crippen LogP contribution in [0.25, 0.3) is 0 Å². The highest BCUT2D eigenvalue weighted by Gasteiger charge is 2.23. The van der Waals surface area contributed by atoms with Gasteiger partial charge in [-0.3, -0.25) is 0 Å². The lowest BCUT2D eigenvalue weighted by molar-refractivity contribution is 0.281. The Hall–Kier alpha value is -0.670. The fraction of sp³-hybridized carbons (Fsp3) is 0.600. The Balaban J connectivity index is 2.14. The molecular weight excluding hydrogens is 242 g/mol. The van der Waals surface area contributed by atoms with Gasteiger partial charge in [0.05, 0.1) is 6.61 Å². The maximum atomic E-state index is 9.22. The molecular formula is C15H23NOS. The van der Waals surface area contributed by atoms with Crippen LogP contribution in [0.3, 0.4) is 0 Å². The Kier molecular flexibility index (Phi) is 4.23. The number of anilines is 1.